The lowest BCUT2D eigenvalue weighted by Gasteiger charge is -2.38. The third-order valence-electron chi connectivity index (χ3n) is 4.45. The van der Waals surface area contributed by atoms with Crippen LogP contribution in [0.15, 0.2) is 48.5 Å². The van der Waals surface area contributed by atoms with Crippen molar-refractivity contribution in [3.05, 3.63) is 71.3 Å². The average Bonchev–Trinajstić information content (AvgIpc) is 2.54. The molecule has 0 amide bonds. The SMILES string of the molecule is CC1CN(Cc2ccccc2)[C@H](c2ccc(F)c(F)c2)CC1=O. The van der Waals surface area contributed by atoms with Gasteiger partial charge in [-0.2, -0.15) is 0 Å². The van der Waals surface area contributed by atoms with Crippen molar-refractivity contribution in [2.45, 2.75) is 25.9 Å². The maximum atomic E-state index is 13.6. The molecule has 0 N–H and O–H groups in total. The molecule has 1 aliphatic heterocycles. The largest absolute Gasteiger partial charge is 0.299 e. The zero-order chi connectivity index (χ0) is 16.4. The predicted molar refractivity (Wildman–Crippen MR) is 84.7 cm³/mol. The van der Waals surface area contributed by atoms with Crippen LogP contribution in [0.25, 0.3) is 0 Å². The highest BCUT2D eigenvalue weighted by molar-refractivity contribution is 5.82. The molecule has 0 spiro atoms. The smallest absolute Gasteiger partial charge is 0.159 e. The number of likely N-dealkylation sites (tertiary alicyclic amines) is 1. The lowest BCUT2D eigenvalue weighted by molar-refractivity contribution is -0.128. The van der Waals surface area contributed by atoms with E-state index in [1.54, 1.807) is 6.07 Å². The fourth-order valence-corrected chi connectivity index (χ4v) is 3.14. The lowest BCUT2D eigenvalue weighted by Crippen LogP contribution is -2.41. The Balaban J connectivity index is 1.89. The zero-order valence-corrected chi connectivity index (χ0v) is 13.0. The number of nitrogens with zero attached hydrogens (tertiary/aromatic N) is 1. The van der Waals surface area contributed by atoms with E-state index in [1.165, 1.54) is 6.07 Å². The molecule has 0 aliphatic carbocycles. The van der Waals surface area contributed by atoms with Crippen molar-refractivity contribution in [1.29, 1.82) is 0 Å². The van der Waals surface area contributed by atoms with Crippen LogP contribution in [0.4, 0.5) is 8.78 Å². The number of rotatable bonds is 3. The van der Waals surface area contributed by atoms with E-state index >= 15 is 0 Å². The second-order valence-corrected chi connectivity index (χ2v) is 6.18. The molecule has 0 saturated carbocycles. The summed E-state index contributed by atoms with van der Waals surface area (Å²) >= 11 is 0. The monoisotopic (exact) mass is 315 g/mol. The number of hydrogen-bond acceptors (Lipinski definition) is 2. The molecule has 1 aliphatic rings. The Labute approximate surface area is 134 Å². The Bertz CT molecular complexity index is 702. The summed E-state index contributed by atoms with van der Waals surface area (Å²) in [6.07, 6.45) is 0.332. The summed E-state index contributed by atoms with van der Waals surface area (Å²) in [6, 6.07) is 13.7. The van der Waals surface area contributed by atoms with E-state index in [0.29, 0.717) is 25.1 Å². The number of carbonyl (C=O) groups excluding carboxylic acids is 1. The number of ketones is 1. The molecule has 4 heteroatoms. The van der Waals surface area contributed by atoms with Crippen molar-refractivity contribution in [3.63, 3.8) is 0 Å². The molecule has 2 aromatic carbocycles. The summed E-state index contributed by atoms with van der Waals surface area (Å²) in [5, 5.41) is 0. The van der Waals surface area contributed by atoms with E-state index in [0.717, 1.165) is 11.6 Å². The van der Waals surface area contributed by atoms with E-state index in [-0.39, 0.29) is 17.7 Å². The maximum Gasteiger partial charge on any atom is 0.159 e. The third-order valence-corrected chi connectivity index (χ3v) is 4.45. The van der Waals surface area contributed by atoms with Crippen LogP contribution in [-0.4, -0.2) is 17.2 Å². The van der Waals surface area contributed by atoms with Gasteiger partial charge in [0, 0.05) is 31.5 Å². The van der Waals surface area contributed by atoms with Crippen LogP contribution in [0.1, 0.15) is 30.5 Å². The summed E-state index contributed by atoms with van der Waals surface area (Å²) < 4.78 is 26.8. The number of piperidine rings is 1. The maximum absolute atomic E-state index is 13.6. The number of carbonyl (C=O) groups is 1. The van der Waals surface area contributed by atoms with Crippen LogP contribution >= 0.6 is 0 Å². The van der Waals surface area contributed by atoms with Gasteiger partial charge in [0.1, 0.15) is 5.78 Å². The van der Waals surface area contributed by atoms with Crippen molar-refractivity contribution in [2.75, 3.05) is 6.54 Å². The molecule has 3 rings (SSSR count). The minimum atomic E-state index is -0.867. The predicted octanol–water partition coefficient (Wildman–Crippen LogP) is 4.12. The number of Topliss-reactive ketones (excluding diaryl/α,β-unsaturated/α-hetero) is 1. The Morgan fingerprint density at radius 1 is 1.09 bits per heavy atom. The lowest BCUT2D eigenvalue weighted by atomic mass is 9.88. The first-order valence-electron chi connectivity index (χ1n) is 7.80. The number of hydrogen-bond donors (Lipinski definition) is 0. The molecular formula is C19H19F2NO. The minimum Gasteiger partial charge on any atom is -0.299 e. The molecule has 120 valence electrons. The van der Waals surface area contributed by atoms with Gasteiger partial charge in [0.15, 0.2) is 11.6 Å². The Morgan fingerprint density at radius 2 is 1.83 bits per heavy atom. The highest BCUT2D eigenvalue weighted by atomic mass is 19.2. The van der Waals surface area contributed by atoms with E-state index in [2.05, 4.69) is 4.90 Å². The van der Waals surface area contributed by atoms with Crippen molar-refractivity contribution >= 4 is 5.78 Å². The van der Waals surface area contributed by atoms with Crippen molar-refractivity contribution in [1.82, 2.24) is 4.90 Å². The zero-order valence-electron chi connectivity index (χ0n) is 13.0. The van der Waals surface area contributed by atoms with E-state index < -0.39 is 11.6 Å². The summed E-state index contributed by atoms with van der Waals surface area (Å²) in [4.78, 5) is 14.3. The van der Waals surface area contributed by atoms with Crippen LogP contribution in [0, 0.1) is 17.6 Å². The minimum absolute atomic E-state index is 0.0414. The second-order valence-electron chi connectivity index (χ2n) is 6.18. The van der Waals surface area contributed by atoms with E-state index in [1.807, 2.05) is 37.3 Å². The van der Waals surface area contributed by atoms with Gasteiger partial charge in [0.25, 0.3) is 0 Å². The molecule has 23 heavy (non-hydrogen) atoms. The average molecular weight is 315 g/mol. The van der Waals surface area contributed by atoms with Gasteiger partial charge in [-0.15, -0.1) is 0 Å². The van der Waals surface area contributed by atoms with Gasteiger partial charge < -0.3 is 0 Å². The van der Waals surface area contributed by atoms with Gasteiger partial charge >= 0.3 is 0 Å². The summed E-state index contributed by atoms with van der Waals surface area (Å²) in [6.45, 7) is 3.22. The summed E-state index contributed by atoms with van der Waals surface area (Å²) in [7, 11) is 0. The van der Waals surface area contributed by atoms with Gasteiger partial charge in [-0.25, -0.2) is 8.78 Å². The molecule has 0 radical (unpaired) electrons. The van der Waals surface area contributed by atoms with Crippen LogP contribution in [0.3, 0.4) is 0 Å². The van der Waals surface area contributed by atoms with E-state index in [4.69, 9.17) is 0 Å². The third kappa shape index (κ3) is 3.48. The molecule has 2 atom stereocenters. The van der Waals surface area contributed by atoms with Crippen molar-refractivity contribution in [2.24, 2.45) is 5.92 Å². The van der Waals surface area contributed by atoms with Crippen molar-refractivity contribution < 1.29 is 13.6 Å². The number of benzene rings is 2. The van der Waals surface area contributed by atoms with Crippen LogP contribution in [-0.2, 0) is 11.3 Å². The topological polar surface area (TPSA) is 20.3 Å². The van der Waals surface area contributed by atoms with Crippen LogP contribution < -0.4 is 0 Å². The van der Waals surface area contributed by atoms with Gasteiger partial charge in [-0.3, -0.25) is 9.69 Å². The molecule has 2 nitrogen and oxygen atoms in total. The van der Waals surface area contributed by atoms with Crippen molar-refractivity contribution in [3.8, 4) is 0 Å². The van der Waals surface area contributed by atoms with Gasteiger partial charge in [-0.05, 0) is 23.3 Å². The molecule has 1 unspecified atom stereocenters. The highest BCUT2D eigenvalue weighted by Gasteiger charge is 2.33. The summed E-state index contributed by atoms with van der Waals surface area (Å²) in [5.74, 6) is -1.60. The molecule has 1 fully saturated rings. The molecule has 0 bridgehead atoms. The quantitative estimate of drug-likeness (QED) is 0.849. The van der Waals surface area contributed by atoms with Gasteiger partial charge in [0.05, 0.1) is 0 Å². The Morgan fingerprint density at radius 3 is 2.52 bits per heavy atom. The first-order valence-corrected chi connectivity index (χ1v) is 7.80. The van der Waals surface area contributed by atoms with Crippen LogP contribution in [0.5, 0.6) is 0 Å². The first-order chi connectivity index (χ1) is 11.0. The standard InChI is InChI=1S/C19H19F2NO/c1-13-11-22(12-14-5-3-2-4-6-14)18(10-19(13)23)15-7-8-16(20)17(21)9-15/h2-9,13,18H,10-12H2,1H3/t13?,18-/m0/s1. The van der Waals surface area contributed by atoms with Gasteiger partial charge in [0.2, 0.25) is 0 Å². The normalized spacial score (nSPS) is 22.3. The highest BCUT2D eigenvalue weighted by Crippen LogP contribution is 2.33. The van der Waals surface area contributed by atoms with Crippen LogP contribution in [0.2, 0.25) is 0 Å². The number of halogens is 2. The fourth-order valence-electron chi connectivity index (χ4n) is 3.14. The molecule has 1 heterocycles. The van der Waals surface area contributed by atoms with E-state index in [9.17, 15) is 13.6 Å². The molecular weight excluding hydrogens is 296 g/mol. The first kappa shape index (κ1) is 15.8. The second kappa shape index (κ2) is 6.59. The van der Waals surface area contributed by atoms with Gasteiger partial charge in [-0.1, -0.05) is 43.3 Å². The Hall–Kier alpha value is -2.07. The molecule has 2 aromatic rings. The summed E-state index contributed by atoms with van der Waals surface area (Å²) in [5.41, 5.74) is 1.79. The molecule has 0 aromatic heterocycles. The fraction of sp³-hybridized carbons (Fsp3) is 0.316. The molecule has 1 saturated heterocycles. The Kier molecular flexibility index (Phi) is 4.53.